The van der Waals surface area contributed by atoms with Crippen molar-refractivity contribution in [2.24, 2.45) is 23.7 Å². The fraction of sp³-hybridized carbons (Fsp3) is 0.846. The van der Waals surface area contributed by atoms with Crippen molar-refractivity contribution < 1.29 is 24.5 Å². The van der Waals surface area contributed by atoms with Crippen molar-refractivity contribution in [3.05, 3.63) is 0 Å². The fourth-order valence-electron chi connectivity index (χ4n) is 2.25. The van der Waals surface area contributed by atoms with Crippen molar-refractivity contribution in [3.8, 4) is 0 Å². The molecule has 5 nitrogen and oxygen atoms in total. The quantitative estimate of drug-likeness (QED) is 0.698. The molecule has 2 N–H and O–H groups in total. The normalized spacial score (nSPS) is 16.6. The van der Waals surface area contributed by atoms with Gasteiger partial charge in [-0.15, -0.1) is 0 Å². The van der Waals surface area contributed by atoms with Crippen molar-refractivity contribution in [2.45, 2.75) is 40.2 Å². The van der Waals surface area contributed by atoms with Gasteiger partial charge in [0.1, 0.15) is 0 Å². The van der Waals surface area contributed by atoms with Crippen molar-refractivity contribution in [1.29, 1.82) is 0 Å². The van der Waals surface area contributed by atoms with Gasteiger partial charge in [-0.05, 0) is 18.3 Å². The molecule has 0 aliphatic rings. The van der Waals surface area contributed by atoms with Crippen LogP contribution in [-0.4, -0.2) is 35.4 Å². The number of rotatable bonds is 8. The molecule has 0 saturated heterocycles. The number of carboxylic acid groups (broad SMARTS) is 2. The first kappa shape index (κ1) is 16.9. The monoisotopic (exact) mass is 260 g/mol. The summed E-state index contributed by atoms with van der Waals surface area (Å²) < 4.78 is 5.22. The highest BCUT2D eigenvalue weighted by atomic mass is 16.5. The summed E-state index contributed by atoms with van der Waals surface area (Å²) in [7, 11) is 1.43. The molecule has 0 aliphatic carbocycles. The molecule has 3 unspecified atom stereocenters. The van der Waals surface area contributed by atoms with Crippen LogP contribution in [0, 0.1) is 23.7 Å². The van der Waals surface area contributed by atoms with Gasteiger partial charge in [-0.1, -0.05) is 27.7 Å². The van der Waals surface area contributed by atoms with Gasteiger partial charge in [0, 0.05) is 7.11 Å². The van der Waals surface area contributed by atoms with Crippen LogP contribution in [0.15, 0.2) is 0 Å². The van der Waals surface area contributed by atoms with Crippen LogP contribution in [-0.2, 0) is 14.3 Å². The van der Waals surface area contributed by atoms with E-state index in [9.17, 15) is 19.8 Å². The molecule has 0 saturated carbocycles. The first-order valence-corrected chi connectivity index (χ1v) is 6.20. The van der Waals surface area contributed by atoms with E-state index in [2.05, 4.69) is 0 Å². The second-order valence-corrected chi connectivity index (χ2v) is 5.38. The van der Waals surface area contributed by atoms with Gasteiger partial charge in [0.2, 0.25) is 0 Å². The summed E-state index contributed by atoms with van der Waals surface area (Å²) >= 11 is 0. The van der Waals surface area contributed by atoms with E-state index in [0.29, 0.717) is 6.42 Å². The van der Waals surface area contributed by atoms with E-state index >= 15 is 0 Å². The Morgan fingerprint density at radius 3 is 1.67 bits per heavy atom. The van der Waals surface area contributed by atoms with E-state index in [-0.39, 0.29) is 11.8 Å². The maximum atomic E-state index is 11.4. The van der Waals surface area contributed by atoms with E-state index in [0.717, 1.165) is 0 Å². The zero-order valence-electron chi connectivity index (χ0n) is 11.7. The third kappa shape index (κ3) is 4.64. The number of hydrogen-bond donors (Lipinski definition) is 2. The van der Waals surface area contributed by atoms with Gasteiger partial charge in [-0.25, -0.2) is 0 Å². The Bertz CT molecular complexity index is 285. The minimum atomic E-state index is -1.11. The van der Waals surface area contributed by atoms with Crippen LogP contribution in [0.25, 0.3) is 0 Å². The van der Waals surface area contributed by atoms with E-state index < -0.39 is 29.9 Å². The van der Waals surface area contributed by atoms with Crippen molar-refractivity contribution in [1.82, 2.24) is 0 Å². The molecule has 0 aromatic rings. The van der Waals surface area contributed by atoms with Crippen LogP contribution in [0.5, 0.6) is 0 Å². The third-order valence-electron chi connectivity index (χ3n) is 3.08. The second kappa shape index (κ2) is 7.36. The van der Waals surface area contributed by atoms with Gasteiger partial charge in [0.05, 0.1) is 17.9 Å². The summed E-state index contributed by atoms with van der Waals surface area (Å²) in [6.45, 7) is 7.35. The first-order chi connectivity index (χ1) is 8.22. The van der Waals surface area contributed by atoms with Crippen LogP contribution in [0.4, 0.5) is 0 Å². The Morgan fingerprint density at radius 2 is 1.44 bits per heavy atom. The molecule has 0 aromatic carbocycles. The van der Waals surface area contributed by atoms with E-state index in [4.69, 9.17) is 4.74 Å². The molecular formula is C13H24O5. The molecule has 106 valence electrons. The average molecular weight is 260 g/mol. The zero-order valence-corrected chi connectivity index (χ0v) is 11.7. The molecule has 3 atom stereocenters. The van der Waals surface area contributed by atoms with Gasteiger partial charge in [-0.2, -0.15) is 0 Å². The summed E-state index contributed by atoms with van der Waals surface area (Å²) in [5.41, 5.74) is 0. The molecule has 5 heteroatoms. The van der Waals surface area contributed by atoms with Crippen LogP contribution >= 0.6 is 0 Å². The minimum absolute atomic E-state index is 0.249. The molecule has 0 fully saturated rings. The lowest BCUT2D eigenvalue weighted by atomic mass is 9.78. The standard InChI is InChI=1S/C13H24O5/c1-7(2)6-9(18-5)11(13(16)17)10(8(3)4)12(14)15/h7-11H,6H2,1-5H3,(H,14,15)(H,16,17). The smallest absolute Gasteiger partial charge is 0.310 e. The molecule has 0 aromatic heterocycles. The Balaban J connectivity index is 5.24. The number of carboxylic acids is 2. The first-order valence-electron chi connectivity index (χ1n) is 6.20. The summed E-state index contributed by atoms with van der Waals surface area (Å²) in [6.07, 6.45) is -0.0461. The molecule has 18 heavy (non-hydrogen) atoms. The predicted molar refractivity (Wildman–Crippen MR) is 67.3 cm³/mol. The summed E-state index contributed by atoms with van der Waals surface area (Å²) in [5.74, 6) is -4.15. The van der Waals surface area contributed by atoms with E-state index in [1.54, 1.807) is 13.8 Å². The van der Waals surface area contributed by atoms with Gasteiger partial charge in [-0.3, -0.25) is 9.59 Å². The molecule has 0 rings (SSSR count). The molecule has 0 aliphatic heterocycles. The zero-order chi connectivity index (χ0) is 14.5. The van der Waals surface area contributed by atoms with Gasteiger partial charge in [0.25, 0.3) is 0 Å². The highest BCUT2D eigenvalue weighted by Gasteiger charge is 2.41. The number of carbonyl (C=O) groups is 2. The summed E-state index contributed by atoms with van der Waals surface area (Å²) in [5, 5.41) is 18.5. The van der Waals surface area contributed by atoms with Crippen molar-refractivity contribution >= 4 is 11.9 Å². The topological polar surface area (TPSA) is 83.8 Å². The van der Waals surface area contributed by atoms with Crippen molar-refractivity contribution in [2.75, 3.05) is 7.11 Å². The maximum Gasteiger partial charge on any atom is 0.310 e. The third-order valence-corrected chi connectivity index (χ3v) is 3.08. The van der Waals surface area contributed by atoms with Gasteiger partial charge >= 0.3 is 11.9 Å². The average Bonchev–Trinajstić information content (AvgIpc) is 2.20. The minimum Gasteiger partial charge on any atom is -0.481 e. The molecule has 0 spiro atoms. The van der Waals surface area contributed by atoms with Crippen molar-refractivity contribution in [3.63, 3.8) is 0 Å². The number of aliphatic carboxylic acids is 2. The van der Waals surface area contributed by atoms with E-state index in [1.807, 2.05) is 13.8 Å². The number of methoxy groups -OCH3 is 1. The second-order valence-electron chi connectivity index (χ2n) is 5.38. The van der Waals surface area contributed by atoms with Crippen LogP contribution < -0.4 is 0 Å². The molecule has 0 heterocycles. The van der Waals surface area contributed by atoms with Crippen LogP contribution in [0.3, 0.4) is 0 Å². The SMILES string of the molecule is COC(CC(C)C)C(C(=O)O)C(C(=O)O)C(C)C. The Morgan fingerprint density at radius 1 is 1.00 bits per heavy atom. The molecule has 0 bridgehead atoms. The largest absolute Gasteiger partial charge is 0.481 e. The molecule has 0 radical (unpaired) electrons. The number of hydrogen-bond acceptors (Lipinski definition) is 3. The summed E-state index contributed by atoms with van der Waals surface area (Å²) in [4.78, 5) is 22.7. The predicted octanol–water partition coefficient (Wildman–Crippen LogP) is 2.11. The van der Waals surface area contributed by atoms with Crippen LogP contribution in [0.2, 0.25) is 0 Å². The number of ether oxygens (including phenoxy) is 1. The highest BCUT2D eigenvalue weighted by Crippen LogP contribution is 2.29. The van der Waals surface area contributed by atoms with Gasteiger partial charge < -0.3 is 14.9 Å². The Kier molecular flexibility index (Phi) is 6.91. The lowest BCUT2D eigenvalue weighted by molar-refractivity contribution is -0.162. The van der Waals surface area contributed by atoms with Crippen LogP contribution in [0.1, 0.15) is 34.1 Å². The maximum absolute atomic E-state index is 11.4. The lowest BCUT2D eigenvalue weighted by Gasteiger charge is -2.30. The molecule has 0 amide bonds. The Hall–Kier alpha value is -1.10. The van der Waals surface area contributed by atoms with E-state index in [1.165, 1.54) is 7.11 Å². The lowest BCUT2D eigenvalue weighted by Crippen LogP contribution is -2.42. The van der Waals surface area contributed by atoms with Gasteiger partial charge in [0.15, 0.2) is 0 Å². The fourth-order valence-corrected chi connectivity index (χ4v) is 2.25. The Labute approximate surface area is 108 Å². The highest BCUT2D eigenvalue weighted by molar-refractivity contribution is 5.80. The summed E-state index contributed by atoms with van der Waals surface area (Å²) in [6, 6.07) is 0. The molecular weight excluding hydrogens is 236 g/mol.